The molecular formula is C13H20O2. The fraction of sp³-hybridized carbons (Fsp3) is 0.769. The van der Waals surface area contributed by atoms with Crippen LogP contribution in [0.25, 0.3) is 0 Å². The van der Waals surface area contributed by atoms with Gasteiger partial charge in [-0.05, 0) is 45.3 Å². The van der Waals surface area contributed by atoms with Crippen molar-refractivity contribution in [2.75, 3.05) is 0 Å². The molecule has 0 aromatic carbocycles. The number of hydrogen-bond acceptors (Lipinski definition) is 2. The van der Waals surface area contributed by atoms with Crippen LogP contribution in [0.1, 0.15) is 47.0 Å². The van der Waals surface area contributed by atoms with E-state index in [1.54, 1.807) is 13.0 Å². The lowest BCUT2D eigenvalue weighted by Gasteiger charge is -2.36. The monoisotopic (exact) mass is 208 g/mol. The molecular weight excluding hydrogens is 188 g/mol. The molecule has 0 amide bonds. The number of epoxide rings is 1. The van der Waals surface area contributed by atoms with Gasteiger partial charge in [0.05, 0.1) is 5.60 Å². The van der Waals surface area contributed by atoms with E-state index in [2.05, 4.69) is 20.8 Å². The second kappa shape index (κ2) is 2.94. The largest absolute Gasteiger partial charge is 0.358 e. The normalized spacial score (nSPS) is 42.7. The van der Waals surface area contributed by atoms with E-state index < -0.39 is 0 Å². The summed E-state index contributed by atoms with van der Waals surface area (Å²) in [6, 6.07) is 0. The molecule has 2 fully saturated rings. The van der Waals surface area contributed by atoms with Gasteiger partial charge in [-0.15, -0.1) is 0 Å². The fourth-order valence-electron chi connectivity index (χ4n) is 3.14. The molecule has 0 bridgehead atoms. The topological polar surface area (TPSA) is 29.6 Å². The highest BCUT2D eigenvalue weighted by atomic mass is 16.6. The van der Waals surface area contributed by atoms with Crippen LogP contribution in [0.15, 0.2) is 12.2 Å². The lowest BCUT2D eigenvalue weighted by Crippen LogP contribution is -2.41. The van der Waals surface area contributed by atoms with Crippen LogP contribution in [-0.4, -0.2) is 17.0 Å². The standard InChI is InChI=1S/C13H20O2/c1-10(14)6-9-13-11(2,3)7-5-8-12(13,4)15-13/h6,9H,5,7-8H2,1-4H3/b9-6+/t12-,13+/m0/s1. The van der Waals surface area contributed by atoms with Gasteiger partial charge in [-0.25, -0.2) is 0 Å². The minimum Gasteiger partial charge on any atom is -0.358 e. The Hall–Kier alpha value is -0.630. The maximum absolute atomic E-state index is 11.0. The summed E-state index contributed by atoms with van der Waals surface area (Å²) in [5.41, 5.74) is -0.0728. The summed E-state index contributed by atoms with van der Waals surface area (Å²) >= 11 is 0. The zero-order valence-electron chi connectivity index (χ0n) is 10.1. The zero-order valence-corrected chi connectivity index (χ0v) is 10.1. The molecule has 1 aliphatic carbocycles. The molecule has 2 rings (SSSR count). The molecule has 2 heteroatoms. The Morgan fingerprint density at radius 2 is 1.93 bits per heavy atom. The average Bonchev–Trinajstić information content (AvgIpc) is 2.70. The van der Waals surface area contributed by atoms with E-state index in [-0.39, 0.29) is 22.4 Å². The molecule has 0 unspecified atom stereocenters. The number of carbonyl (C=O) groups is 1. The van der Waals surface area contributed by atoms with E-state index in [0.717, 1.165) is 6.42 Å². The van der Waals surface area contributed by atoms with Crippen molar-refractivity contribution in [1.29, 1.82) is 0 Å². The fourth-order valence-corrected chi connectivity index (χ4v) is 3.14. The van der Waals surface area contributed by atoms with Crippen molar-refractivity contribution in [2.24, 2.45) is 5.41 Å². The molecule has 0 N–H and O–H groups in total. The third kappa shape index (κ3) is 1.38. The summed E-state index contributed by atoms with van der Waals surface area (Å²) in [5, 5.41) is 0. The number of rotatable bonds is 2. The van der Waals surface area contributed by atoms with Gasteiger partial charge in [-0.1, -0.05) is 13.8 Å². The lowest BCUT2D eigenvalue weighted by atomic mass is 9.64. The van der Waals surface area contributed by atoms with Gasteiger partial charge in [0.1, 0.15) is 5.60 Å². The summed E-state index contributed by atoms with van der Waals surface area (Å²) in [6.07, 6.45) is 7.16. The summed E-state index contributed by atoms with van der Waals surface area (Å²) < 4.78 is 5.98. The van der Waals surface area contributed by atoms with Crippen LogP contribution in [0, 0.1) is 5.41 Å². The first kappa shape index (κ1) is 10.9. The highest BCUT2D eigenvalue weighted by Gasteiger charge is 2.73. The van der Waals surface area contributed by atoms with Crippen molar-refractivity contribution in [2.45, 2.75) is 58.2 Å². The van der Waals surface area contributed by atoms with Crippen molar-refractivity contribution in [3.8, 4) is 0 Å². The molecule has 1 saturated carbocycles. The van der Waals surface area contributed by atoms with Crippen LogP contribution in [0.5, 0.6) is 0 Å². The molecule has 0 aromatic rings. The highest BCUT2D eigenvalue weighted by molar-refractivity contribution is 5.87. The van der Waals surface area contributed by atoms with E-state index in [9.17, 15) is 4.79 Å². The van der Waals surface area contributed by atoms with Crippen LogP contribution in [0.3, 0.4) is 0 Å². The van der Waals surface area contributed by atoms with E-state index in [4.69, 9.17) is 4.74 Å². The average molecular weight is 208 g/mol. The van der Waals surface area contributed by atoms with Crippen LogP contribution >= 0.6 is 0 Å². The first-order valence-corrected chi connectivity index (χ1v) is 5.73. The zero-order chi connectivity index (χ0) is 11.3. The Balaban J connectivity index is 2.29. The van der Waals surface area contributed by atoms with Crippen molar-refractivity contribution < 1.29 is 9.53 Å². The molecule has 2 atom stereocenters. The molecule has 84 valence electrons. The third-order valence-corrected chi connectivity index (χ3v) is 4.14. The Labute approximate surface area is 91.7 Å². The first-order valence-electron chi connectivity index (χ1n) is 5.73. The maximum Gasteiger partial charge on any atom is 0.152 e. The summed E-state index contributed by atoms with van der Waals surface area (Å²) in [5.74, 6) is 0.101. The minimum atomic E-state index is -0.191. The first-order chi connectivity index (χ1) is 6.83. The maximum atomic E-state index is 11.0. The molecule has 2 nitrogen and oxygen atoms in total. The summed E-state index contributed by atoms with van der Waals surface area (Å²) in [6.45, 7) is 8.23. The van der Waals surface area contributed by atoms with Crippen molar-refractivity contribution in [3.63, 3.8) is 0 Å². The molecule has 0 aromatic heterocycles. The number of allylic oxidation sites excluding steroid dienone is 1. The number of ketones is 1. The van der Waals surface area contributed by atoms with E-state index >= 15 is 0 Å². The lowest BCUT2D eigenvalue weighted by molar-refractivity contribution is -0.112. The number of ether oxygens (including phenoxy) is 1. The van der Waals surface area contributed by atoms with E-state index in [1.807, 2.05) is 6.08 Å². The Morgan fingerprint density at radius 3 is 2.47 bits per heavy atom. The Kier molecular flexibility index (Phi) is 2.13. The van der Waals surface area contributed by atoms with Gasteiger partial charge in [0.15, 0.2) is 5.78 Å². The van der Waals surface area contributed by atoms with Crippen molar-refractivity contribution in [3.05, 3.63) is 12.2 Å². The van der Waals surface area contributed by atoms with Gasteiger partial charge < -0.3 is 4.74 Å². The quantitative estimate of drug-likeness (QED) is 0.516. The van der Waals surface area contributed by atoms with Gasteiger partial charge in [-0.2, -0.15) is 0 Å². The predicted octanol–water partition coefficient (Wildman–Crippen LogP) is 2.87. The van der Waals surface area contributed by atoms with Gasteiger partial charge in [0.2, 0.25) is 0 Å². The van der Waals surface area contributed by atoms with Gasteiger partial charge in [0, 0.05) is 5.41 Å². The van der Waals surface area contributed by atoms with Gasteiger partial charge >= 0.3 is 0 Å². The molecule has 1 saturated heterocycles. The summed E-state index contributed by atoms with van der Waals surface area (Å²) in [4.78, 5) is 11.0. The molecule has 0 radical (unpaired) electrons. The van der Waals surface area contributed by atoms with Gasteiger partial charge in [0.25, 0.3) is 0 Å². The van der Waals surface area contributed by atoms with Crippen LogP contribution < -0.4 is 0 Å². The Morgan fingerprint density at radius 1 is 1.27 bits per heavy atom. The molecule has 2 aliphatic rings. The molecule has 1 heterocycles. The Bertz CT molecular complexity index is 329. The smallest absolute Gasteiger partial charge is 0.152 e. The third-order valence-electron chi connectivity index (χ3n) is 4.14. The highest BCUT2D eigenvalue weighted by Crippen LogP contribution is 2.65. The molecule has 1 aliphatic heterocycles. The number of carbonyl (C=O) groups excluding carboxylic acids is 1. The van der Waals surface area contributed by atoms with Crippen LogP contribution in [-0.2, 0) is 9.53 Å². The minimum absolute atomic E-state index is 0.0271. The number of hydrogen-bond donors (Lipinski definition) is 0. The predicted molar refractivity (Wildman–Crippen MR) is 59.7 cm³/mol. The SMILES string of the molecule is CC(=O)/C=C/[C@]12O[C@@]1(C)CCCC2(C)C. The van der Waals surface area contributed by atoms with Crippen molar-refractivity contribution in [1.82, 2.24) is 0 Å². The molecule has 15 heavy (non-hydrogen) atoms. The number of fused-ring (bicyclic) bond motifs is 1. The van der Waals surface area contributed by atoms with E-state index in [1.165, 1.54) is 12.8 Å². The van der Waals surface area contributed by atoms with Gasteiger partial charge in [-0.3, -0.25) is 4.79 Å². The van der Waals surface area contributed by atoms with Crippen LogP contribution in [0.2, 0.25) is 0 Å². The molecule has 0 spiro atoms. The van der Waals surface area contributed by atoms with Crippen LogP contribution in [0.4, 0.5) is 0 Å². The second-order valence-electron chi connectivity index (χ2n) is 5.75. The second-order valence-corrected chi connectivity index (χ2v) is 5.75. The van der Waals surface area contributed by atoms with E-state index in [0.29, 0.717) is 0 Å². The summed E-state index contributed by atoms with van der Waals surface area (Å²) in [7, 11) is 0. The van der Waals surface area contributed by atoms with Crippen molar-refractivity contribution >= 4 is 5.78 Å².